The van der Waals surface area contributed by atoms with Gasteiger partial charge in [-0.15, -0.1) is 0 Å². The molecule has 0 aromatic rings. The van der Waals surface area contributed by atoms with E-state index in [1.165, 1.54) is 16.0 Å². The van der Waals surface area contributed by atoms with Crippen molar-refractivity contribution in [1.29, 1.82) is 0 Å². The minimum atomic E-state index is -0.407. The van der Waals surface area contributed by atoms with Gasteiger partial charge >= 0.3 is 0 Å². The first-order valence-corrected chi connectivity index (χ1v) is 7.33. The highest BCUT2D eigenvalue weighted by molar-refractivity contribution is 5.98. The number of carbonyl (C=O) groups excluding carboxylic acids is 3. The zero-order chi connectivity index (χ0) is 16.2. The van der Waals surface area contributed by atoms with Crippen molar-refractivity contribution < 1.29 is 14.4 Å². The van der Waals surface area contributed by atoms with E-state index in [0.717, 1.165) is 0 Å². The molecular formula is C15H25N3O3. The van der Waals surface area contributed by atoms with E-state index < -0.39 is 5.54 Å². The van der Waals surface area contributed by atoms with Crippen LogP contribution in [0.1, 0.15) is 47.5 Å². The van der Waals surface area contributed by atoms with E-state index in [1.807, 2.05) is 20.8 Å². The minimum Gasteiger partial charge on any atom is -0.346 e. The quantitative estimate of drug-likeness (QED) is 0.851. The summed E-state index contributed by atoms with van der Waals surface area (Å²) in [7, 11) is 0. The van der Waals surface area contributed by atoms with Crippen LogP contribution in [0.3, 0.4) is 0 Å². The Labute approximate surface area is 126 Å². The first-order chi connectivity index (χ1) is 9.69. The maximum atomic E-state index is 12.4. The summed E-state index contributed by atoms with van der Waals surface area (Å²) >= 11 is 0. The summed E-state index contributed by atoms with van der Waals surface area (Å²) in [5, 5.41) is 2.84. The lowest BCUT2D eigenvalue weighted by Crippen LogP contribution is -2.50. The van der Waals surface area contributed by atoms with Gasteiger partial charge in [-0.25, -0.2) is 0 Å². The Hall–Kier alpha value is -1.85. The largest absolute Gasteiger partial charge is 0.346 e. The molecule has 0 unspecified atom stereocenters. The van der Waals surface area contributed by atoms with Gasteiger partial charge in [0.1, 0.15) is 5.70 Å². The third-order valence-electron chi connectivity index (χ3n) is 3.08. The van der Waals surface area contributed by atoms with Gasteiger partial charge in [-0.2, -0.15) is 0 Å². The first kappa shape index (κ1) is 17.2. The highest BCUT2D eigenvalue weighted by atomic mass is 16.2. The van der Waals surface area contributed by atoms with Crippen LogP contribution in [0.15, 0.2) is 11.9 Å². The van der Waals surface area contributed by atoms with E-state index >= 15 is 0 Å². The van der Waals surface area contributed by atoms with Crippen molar-refractivity contribution in [3.05, 3.63) is 11.9 Å². The van der Waals surface area contributed by atoms with Crippen molar-refractivity contribution in [2.45, 2.75) is 53.0 Å². The molecule has 0 saturated carbocycles. The van der Waals surface area contributed by atoms with Crippen LogP contribution in [0.4, 0.5) is 0 Å². The molecule has 6 heteroatoms. The number of amides is 3. The Bertz CT molecular complexity index is 463. The van der Waals surface area contributed by atoms with E-state index in [1.54, 1.807) is 13.8 Å². The second-order valence-corrected chi connectivity index (χ2v) is 6.06. The molecule has 0 aliphatic carbocycles. The Morgan fingerprint density at radius 2 is 1.67 bits per heavy atom. The van der Waals surface area contributed by atoms with Crippen molar-refractivity contribution in [3.8, 4) is 0 Å². The van der Waals surface area contributed by atoms with Gasteiger partial charge in [0.05, 0.1) is 0 Å². The summed E-state index contributed by atoms with van der Waals surface area (Å²) in [4.78, 5) is 39.2. The molecule has 0 aromatic carbocycles. The minimum absolute atomic E-state index is 0.0559. The van der Waals surface area contributed by atoms with Crippen LogP contribution >= 0.6 is 0 Å². The molecule has 0 aromatic heterocycles. The van der Waals surface area contributed by atoms with E-state index in [9.17, 15) is 14.4 Å². The monoisotopic (exact) mass is 295 g/mol. The lowest BCUT2D eigenvalue weighted by atomic mass is 10.1. The first-order valence-electron chi connectivity index (χ1n) is 7.33. The second kappa shape index (κ2) is 6.74. The Kier molecular flexibility index (Phi) is 5.52. The van der Waals surface area contributed by atoms with Crippen molar-refractivity contribution in [3.63, 3.8) is 0 Å². The fraction of sp³-hybridized carbons (Fsp3) is 0.667. The maximum Gasteiger partial charge on any atom is 0.269 e. The molecular weight excluding hydrogens is 270 g/mol. The summed E-state index contributed by atoms with van der Waals surface area (Å²) < 4.78 is 0. The van der Waals surface area contributed by atoms with Crippen LogP contribution < -0.4 is 5.32 Å². The Balaban J connectivity index is 3.07. The zero-order valence-corrected chi connectivity index (χ0v) is 13.5. The SMILES string of the molecule is CCC(=O)N1C=C(C(=O)NC(C)(C)C)N(C(=O)CC)CC1. The molecule has 1 aliphatic rings. The average Bonchev–Trinajstić information content (AvgIpc) is 2.43. The predicted molar refractivity (Wildman–Crippen MR) is 80.0 cm³/mol. The number of hydrogen-bond acceptors (Lipinski definition) is 3. The van der Waals surface area contributed by atoms with Gasteiger partial charge in [0, 0.05) is 37.7 Å². The van der Waals surface area contributed by atoms with Gasteiger partial charge < -0.3 is 15.1 Å². The normalized spacial score (nSPS) is 15.6. The van der Waals surface area contributed by atoms with Crippen LogP contribution in [0.2, 0.25) is 0 Å². The van der Waals surface area contributed by atoms with Crippen LogP contribution in [0.5, 0.6) is 0 Å². The van der Waals surface area contributed by atoms with Gasteiger partial charge in [-0.1, -0.05) is 13.8 Å². The second-order valence-electron chi connectivity index (χ2n) is 6.06. The molecule has 0 radical (unpaired) electrons. The summed E-state index contributed by atoms with van der Waals surface area (Å²) in [6.45, 7) is 9.91. The summed E-state index contributed by atoms with van der Waals surface area (Å²) in [6, 6.07) is 0. The van der Waals surface area contributed by atoms with E-state index in [0.29, 0.717) is 25.9 Å². The van der Waals surface area contributed by atoms with E-state index in [2.05, 4.69) is 5.32 Å². The molecule has 1 aliphatic heterocycles. The third kappa shape index (κ3) is 4.58. The number of nitrogens with one attached hydrogen (secondary N) is 1. The van der Waals surface area contributed by atoms with Gasteiger partial charge in [-0.05, 0) is 20.8 Å². The van der Waals surface area contributed by atoms with Crippen molar-refractivity contribution in [1.82, 2.24) is 15.1 Å². The molecule has 3 amide bonds. The Morgan fingerprint density at radius 3 is 2.14 bits per heavy atom. The van der Waals surface area contributed by atoms with Crippen LogP contribution in [0, 0.1) is 0 Å². The number of rotatable bonds is 3. The highest BCUT2D eigenvalue weighted by Gasteiger charge is 2.30. The van der Waals surface area contributed by atoms with Crippen molar-refractivity contribution in [2.75, 3.05) is 13.1 Å². The summed E-state index contributed by atoms with van der Waals surface area (Å²) in [5.41, 5.74) is -0.166. The fourth-order valence-electron chi connectivity index (χ4n) is 2.05. The molecule has 0 atom stereocenters. The van der Waals surface area contributed by atoms with Crippen LogP contribution in [-0.2, 0) is 14.4 Å². The van der Waals surface area contributed by atoms with Crippen LogP contribution in [0.25, 0.3) is 0 Å². The Morgan fingerprint density at radius 1 is 1.10 bits per heavy atom. The molecule has 0 fully saturated rings. The smallest absolute Gasteiger partial charge is 0.269 e. The summed E-state index contributed by atoms with van der Waals surface area (Å²) in [6.07, 6.45) is 2.18. The molecule has 1 rings (SSSR count). The predicted octanol–water partition coefficient (Wildman–Crippen LogP) is 1.23. The van der Waals surface area contributed by atoms with Gasteiger partial charge in [0.25, 0.3) is 5.91 Å². The fourth-order valence-corrected chi connectivity index (χ4v) is 2.05. The molecule has 0 spiro atoms. The average molecular weight is 295 g/mol. The van der Waals surface area contributed by atoms with E-state index in [4.69, 9.17) is 0 Å². The van der Waals surface area contributed by atoms with Gasteiger partial charge in [-0.3, -0.25) is 14.4 Å². The lowest BCUT2D eigenvalue weighted by molar-refractivity contribution is -0.136. The lowest BCUT2D eigenvalue weighted by Gasteiger charge is -2.34. The molecule has 0 saturated heterocycles. The van der Waals surface area contributed by atoms with E-state index in [-0.39, 0.29) is 23.4 Å². The van der Waals surface area contributed by atoms with Gasteiger partial charge in [0.2, 0.25) is 11.8 Å². The standard InChI is InChI=1S/C15H25N3O3/c1-6-12(19)17-8-9-18(13(20)7-2)11(10-17)14(21)16-15(3,4)5/h10H,6-9H2,1-5H3,(H,16,21). The molecule has 118 valence electrons. The third-order valence-corrected chi connectivity index (χ3v) is 3.08. The topological polar surface area (TPSA) is 69.7 Å². The number of carbonyl (C=O) groups is 3. The summed E-state index contributed by atoms with van der Waals surface area (Å²) in [5.74, 6) is -0.508. The molecule has 0 bridgehead atoms. The zero-order valence-electron chi connectivity index (χ0n) is 13.5. The molecule has 21 heavy (non-hydrogen) atoms. The van der Waals surface area contributed by atoms with Crippen LogP contribution in [-0.4, -0.2) is 46.1 Å². The molecule has 6 nitrogen and oxygen atoms in total. The molecule has 1 heterocycles. The van der Waals surface area contributed by atoms with Gasteiger partial charge in [0.15, 0.2) is 0 Å². The maximum absolute atomic E-state index is 12.4. The van der Waals surface area contributed by atoms with Crippen molar-refractivity contribution >= 4 is 17.7 Å². The number of nitrogens with zero attached hydrogens (tertiary/aromatic N) is 2. The van der Waals surface area contributed by atoms with Crippen molar-refractivity contribution in [2.24, 2.45) is 0 Å². The molecule has 1 N–H and O–H groups in total. The highest BCUT2D eigenvalue weighted by Crippen LogP contribution is 2.16. The number of hydrogen-bond donors (Lipinski definition) is 1.